The van der Waals surface area contributed by atoms with Crippen molar-refractivity contribution in [1.82, 2.24) is 19.9 Å². The zero-order valence-corrected chi connectivity index (χ0v) is 18.1. The molecule has 7 nitrogen and oxygen atoms in total. The molecule has 0 spiro atoms. The third-order valence-electron chi connectivity index (χ3n) is 6.50. The van der Waals surface area contributed by atoms with E-state index >= 15 is 0 Å². The van der Waals surface area contributed by atoms with Crippen LogP contribution in [0.5, 0.6) is 5.75 Å². The van der Waals surface area contributed by atoms with E-state index in [1.807, 2.05) is 38.4 Å². The Morgan fingerprint density at radius 2 is 1.97 bits per heavy atom. The highest BCUT2D eigenvalue weighted by Crippen LogP contribution is 2.37. The summed E-state index contributed by atoms with van der Waals surface area (Å²) in [5.41, 5.74) is 4.03. The molecule has 1 saturated carbocycles. The minimum Gasteiger partial charge on any atom is -0.488 e. The molecule has 0 bridgehead atoms. The van der Waals surface area contributed by atoms with Gasteiger partial charge in [0.05, 0.1) is 17.2 Å². The lowest BCUT2D eigenvalue weighted by atomic mass is 9.85. The molecular weight excluding hydrogens is 390 g/mol. The number of ether oxygens (including phenoxy) is 1. The Balaban J connectivity index is 1.48. The summed E-state index contributed by atoms with van der Waals surface area (Å²) in [5, 5.41) is 4.48. The molecule has 1 amide bonds. The molecule has 5 rings (SSSR count). The molecule has 1 aromatic carbocycles. The Morgan fingerprint density at radius 1 is 1.16 bits per heavy atom. The highest BCUT2D eigenvalue weighted by atomic mass is 16.5. The molecule has 31 heavy (non-hydrogen) atoms. The van der Waals surface area contributed by atoms with E-state index in [1.54, 1.807) is 11.2 Å². The molecule has 2 N–H and O–H groups in total. The standard InChI is InChI=1S/C24H29N5O2/c1-29(2)24(30)15-11-12-18-17(13-15)21-22(27-18)25-14-26-23(21)28-19-9-5-6-10-20(19)31-16-7-3-4-8-16/h5-6,9-10,14-16H,3-4,7-8,11-13H2,1-2H3,(H2,25,26,27,28). The summed E-state index contributed by atoms with van der Waals surface area (Å²) in [6.07, 6.45) is 8.94. The maximum absolute atomic E-state index is 12.6. The van der Waals surface area contributed by atoms with Crippen molar-refractivity contribution in [3.05, 3.63) is 41.9 Å². The lowest BCUT2D eigenvalue weighted by molar-refractivity contribution is -0.133. The average Bonchev–Trinajstić information content (AvgIpc) is 3.42. The number of aryl methyl sites for hydroxylation is 1. The SMILES string of the molecule is CN(C)C(=O)C1CCc2[nH]c3ncnc(Nc4ccccc4OC4CCCC4)c3c2C1. The number of hydrogen-bond donors (Lipinski definition) is 2. The number of aromatic amines is 1. The van der Waals surface area contributed by atoms with Crippen LogP contribution in [0, 0.1) is 5.92 Å². The summed E-state index contributed by atoms with van der Waals surface area (Å²) >= 11 is 0. The third kappa shape index (κ3) is 3.84. The number of nitrogens with zero attached hydrogens (tertiary/aromatic N) is 3. The Labute approximate surface area is 182 Å². The molecule has 1 fully saturated rings. The van der Waals surface area contributed by atoms with Crippen LogP contribution in [-0.4, -0.2) is 46.0 Å². The number of para-hydroxylation sites is 2. The smallest absolute Gasteiger partial charge is 0.225 e. The molecule has 2 aromatic heterocycles. The van der Waals surface area contributed by atoms with Gasteiger partial charge in [0.25, 0.3) is 0 Å². The number of amides is 1. The van der Waals surface area contributed by atoms with Crippen LogP contribution in [0.4, 0.5) is 11.5 Å². The number of benzene rings is 1. The molecular formula is C24H29N5O2. The predicted molar refractivity (Wildman–Crippen MR) is 121 cm³/mol. The van der Waals surface area contributed by atoms with Gasteiger partial charge < -0.3 is 19.9 Å². The van der Waals surface area contributed by atoms with Gasteiger partial charge in [-0.15, -0.1) is 0 Å². The molecule has 1 unspecified atom stereocenters. The van der Waals surface area contributed by atoms with Crippen LogP contribution in [0.1, 0.15) is 43.4 Å². The van der Waals surface area contributed by atoms with Crippen molar-refractivity contribution >= 4 is 28.4 Å². The van der Waals surface area contributed by atoms with E-state index in [0.29, 0.717) is 6.42 Å². The summed E-state index contributed by atoms with van der Waals surface area (Å²) in [6.45, 7) is 0. The summed E-state index contributed by atoms with van der Waals surface area (Å²) in [7, 11) is 3.65. The first-order valence-corrected chi connectivity index (χ1v) is 11.2. The van der Waals surface area contributed by atoms with Crippen LogP contribution in [0.15, 0.2) is 30.6 Å². The number of rotatable bonds is 5. The predicted octanol–water partition coefficient (Wildman–Crippen LogP) is 4.22. The average molecular weight is 420 g/mol. The van der Waals surface area contributed by atoms with Gasteiger partial charge in [0.15, 0.2) is 0 Å². The number of hydrogen-bond acceptors (Lipinski definition) is 5. The highest BCUT2D eigenvalue weighted by molar-refractivity contribution is 5.94. The second-order valence-electron chi connectivity index (χ2n) is 8.85. The van der Waals surface area contributed by atoms with Crippen molar-refractivity contribution in [2.24, 2.45) is 5.92 Å². The van der Waals surface area contributed by atoms with Crippen molar-refractivity contribution in [1.29, 1.82) is 0 Å². The van der Waals surface area contributed by atoms with Crippen molar-refractivity contribution in [2.75, 3.05) is 19.4 Å². The molecule has 0 saturated heterocycles. The second kappa shape index (κ2) is 8.21. The van der Waals surface area contributed by atoms with Crippen LogP contribution in [0.3, 0.4) is 0 Å². The largest absolute Gasteiger partial charge is 0.488 e. The molecule has 3 aromatic rings. The van der Waals surface area contributed by atoms with Crippen molar-refractivity contribution in [3.8, 4) is 5.75 Å². The minimum atomic E-state index is -0.00691. The molecule has 7 heteroatoms. The fourth-order valence-corrected chi connectivity index (χ4v) is 4.90. The van der Waals surface area contributed by atoms with Crippen LogP contribution in [-0.2, 0) is 17.6 Å². The first kappa shape index (κ1) is 19.8. The second-order valence-corrected chi connectivity index (χ2v) is 8.85. The number of fused-ring (bicyclic) bond motifs is 3. The first-order valence-electron chi connectivity index (χ1n) is 11.2. The summed E-state index contributed by atoms with van der Waals surface area (Å²) < 4.78 is 6.30. The number of anilines is 2. The van der Waals surface area contributed by atoms with Crippen LogP contribution in [0.25, 0.3) is 11.0 Å². The Hall–Kier alpha value is -3.09. The zero-order chi connectivity index (χ0) is 21.4. The van der Waals surface area contributed by atoms with Gasteiger partial charge in [0.1, 0.15) is 23.5 Å². The zero-order valence-electron chi connectivity index (χ0n) is 18.1. The van der Waals surface area contributed by atoms with Crippen molar-refractivity contribution in [2.45, 2.75) is 51.0 Å². The van der Waals surface area contributed by atoms with E-state index in [-0.39, 0.29) is 17.9 Å². The molecule has 0 radical (unpaired) electrons. The maximum atomic E-state index is 12.6. The number of aromatic nitrogens is 3. The number of H-pyrrole nitrogens is 1. The van der Waals surface area contributed by atoms with Gasteiger partial charge >= 0.3 is 0 Å². The third-order valence-corrected chi connectivity index (χ3v) is 6.50. The van der Waals surface area contributed by atoms with E-state index in [0.717, 1.165) is 65.2 Å². The maximum Gasteiger partial charge on any atom is 0.225 e. The van der Waals surface area contributed by atoms with Gasteiger partial charge in [-0.25, -0.2) is 9.97 Å². The Bertz CT molecular complexity index is 1100. The van der Waals surface area contributed by atoms with E-state index in [2.05, 4.69) is 20.3 Å². The van der Waals surface area contributed by atoms with Gasteiger partial charge in [0.2, 0.25) is 5.91 Å². The quantitative estimate of drug-likeness (QED) is 0.647. The van der Waals surface area contributed by atoms with Gasteiger partial charge in [-0.2, -0.15) is 0 Å². The molecule has 0 aliphatic heterocycles. The summed E-state index contributed by atoms with van der Waals surface area (Å²) in [6, 6.07) is 8.04. The summed E-state index contributed by atoms with van der Waals surface area (Å²) in [5.74, 6) is 1.78. The van der Waals surface area contributed by atoms with Gasteiger partial charge in [0, 0.05) is 25.7 Å². The fourth-order valence-electron chi connectivity index (χ4n) is 4.90. The van der Waals surface area contributed by atoms with Crippen LogP contribution >= 0.6 is 0 Å². The van der Waals surface area contributed by atoms with Gasteiger partial charge in [-0.3, -0.25) is 4.79 Å². The number of carbonyl (C=O) groups is 1. The van der Waals surface area contributed by atoms with Crippen LogP contribution < -0.4 is 10.1 Å². The van der Waals surface area contributed by atoms with E-state index < -0.39 is 0 Å². The Kier molecular flexibility index (Phi) is 5.26. The number of carbonyl (C=O) groups excluding carboxylic acids is 1. The van der Waals surface area contributed by atoms with E-state index in [1.165, 1.54) is 12.8 Å². The molecule has 162 valence electrons. The van der Waals surface area contributed by atoms with Gasteiger partial charge in [-0.05, 0) is 62.6 Å². The van der Waals surface area contributed by atoms with E-state index in [4.69, 9.17) is 4.74 Å². The lowest BCUT2D eigenvalue weighted by Crippen LogP contribution is -2.33. The minimum absolute atomic E-state index is 0.00691. The van der Waals surface area contributed by atoms with Crippen molar-refractivity contribution < 1.29 is 9.53 Å². The highest BCUT2D eigenvalue weighted by Gasteiger charge is 2.30. The molecule has 2 heterocycles. The molecule has 2 aliphatic rings. The monoisotopic (exact) mass is 419 g/mol. The lowest BCUT2D eigenvalue weighted by Gasteiger charge is -2.24. The molecule has 2 aliphatic carbocycles. The van der Waals surface area contributed by atoms with E-state index in [9.17, 15) is 4.79 Å². The van der Waals surface area contributed by atoms with Gasteiger partial charge in [-0.1, -0.05) is 12.1 Å². The summed E-state index contributed by atoms with van der Waals surface area (Å²) in [4.78, 5) is 26.8. The molecule has 1 atom stereocenters. The number of nitrogens with one attached hydrogen (secondary N) is 2. The fraction of sp³-hybridized carbons (Fsp3) is 0.458. The normalized spacial score (nSPS) is 18.7. The Morgan fingerprint density at radius 3 is 2.77 bits per heavy atom. The first-order chi connectivity index (χ1) is 15.1. The van der Waals surface area contributed by atoms with Crippen molar-refractivity contribution in [3.63, 3.8) is 0 Å². The van der Waals surface area contributed by atoms with Crippen LogP contribution in [0.2, 0.25) is 0 Å². The topological polar surface area (TPSA) is 83.1 Å².